The fraction of sp³-hybridized carbons (Fsp3) is 1.00. The van der Waals surface area contributed by atoms with E-state index in [0.29, 0.717) is 24.8 Å². The Balaban J connectivity index is 2.37. The molecule has 0 aromatic rings. The van der Waals surface area contributed by atoms with E-state index >= 15 is 0 Å². The number of ether oxygens (including phenoxy) is 1. The smallest absolute Gasteiger partial charge is 0.155 e. The van der Waals surface area contributed by atoms with Gasteiger partial charge in [-0.2, -0.15) is 0 Å². The molecule has 1 heterocycles. The fourth-order valence-corrected chi connectivity index (χ4v) is 4.59. The molecule has 0 amide bonds. The van der Waals surface area contributed by atoms with E-state index in [4.69, 9.17) is 4.74 Å². The molecular weight excluding hydrogens is 250 g/mol. The third kappa shape index (κ3) is 4.52. The predicted molar refractivity (Wildman–Crippen MR) is 74.6 cm³/mol. The van der Waals surface area contributed by atoms with Crippen molar-refractivity contribution in [1.29, 1.82) is 0 Å². The Morgan fingerprint density at radius 1 is 1.39 bits per heavy atom. The van der Waals surface area contributed by atoms with E-state index in [9.17, 15) is 8.42 Å². The van der Waals surface area contributed by atoms with Crippen LogP contribution in [0.1, 0.15) is 46.5 Å². The largest absolute Gasteiger partial charge is 0.377 e. The van der Waals surface area contributed by atoms with Crippen LogP contribution >= 0.6 is 0 Å². The zero-order valence-electron chi connectivity index (χ0n) is 11.8. The van der Waals surface area contributed by atoms with Crippen LogP contribution in [0, 0.1) is 0 Å². The molecule has 1 saturated heterocycles. The van der Waals surface area contributed by atoms with Gasteiger partial charge in [0.2, 0.25) is 0 Å². The van der Waals surface area contributed by atoms with Crippen LogP contribution in [0.25, 0.3) is 0 Å². The minimum absolute atomic E-state index is 0.134. The van der Waals surface area contributed by atoms with Gasteiger partial charge >= 0.3 is 0 Å². The Labute approximate surface area is 111 Å². The van der Waals surface area contributed by atoms with Gasteiger partial charge in [-0.05, 0) is 39.2 Å². The molecule has 18 heavy (non-hydrogen) atoms. The van der Waals surface area contributed by atoms with Crippen LogP contribution in [0.5, 0.6) is 0 Å². The number of sulfone groups is 1. The van der Waals surface area contributed by atoms with Crippen LogP contribution < -0.4 is 5.32 Å². The van der Waals surface area contributed by atoms with E-state index in [1.54, 1.807) is 0 Å². The lowest BCUT2D eigenvalue weighted by Crippen LogP contribution is -2.32. The molecule has 0 saturated carbocycles. The van der Waals surface area contributed by atoms with Crippen LogP contribution in [0.15, 0.2) is 0 Å². The first-order valence-corrected chi connectivity index (χ1v) is 8.79. The van der Waals surface area contributed by atoms with Crippen molar-refractivity contribution in [2.45, 2.75) is 63.9 Å². The molecule has 3 unspecified atom stereocenters. The highest BCUT2D eigenvalue weighted by molar-refractivity contribution is 7.92. The van der Waals surface area contributed by atoms with Gasteiger partial charge in [0.1, 0.15) is 0 Å². The van der Waals surface area contributed by atoms with Crippen LogP contribution in [-0.4, -0.2) is 44.7 Å². The zero-order chi connectivity index (χ0) is 13.6. The molecule has 1 aliphatic rings. The van der Waals surface area contributed by atoms with Gasteiger partial charge in [-0.15, -0.1) is 0 Å². The molecular formula is C13H27NO3S. The maximum absolute atomic E-state index is 12.2. The van der Waals surface area contributed by atoms with E-state index in [-0.39, 0.29) is 11.4 Å². The molecule has 0 radical (unpaired) electrons. The molecule has 1 fully saturated rings. The van der Waals surface area contributed by atoms with Gasteiger partial charge in [0.25, 0.3) is 0 Å². The molecule has 1 aliphatic heterocycles. The van der Waals surface area contributed by atoms with Crippen molar-refractivity contribution in [2.24, 2.45) is 0 Å². The van der Waals surface area contributed by atoms with Crippen molar-refractivity contribution in [2.75, 3.05) is 18.9 Å². The SMILES string of the molecule is CCNC(CC)CCCS(=O)(=O)C1CCOC1C. The van der Waals surface area contributed by atoms with Crippen LogP contribution in [0.2, 0.25) is 0 Å². The molecule has 4 nitrogen and oxygen atoms in total. The highest BCUT2D eigenvalue weighted by Crippen LogP contribution is 2.22. The van der Waals surface area contributed by atoms with Crippen LogP contribution in [0.4, 0.5) is 0 Å². The second-order valence-electron chi connectivity index (χ2n) is 5.08. The number of hydrogen-bond donors (Lipinski definition) is 1. The Hall–Kier alpha value is -0.130. The molecule has 3 atom stereocenters. The monoisotopic (exact) mass is 277 g/mol. The molecule has 1 rings (SSSR count). The van der Waals surface area contributed by atoms with Crippen LogP contribution in [-0.2, 0) is 14.6 Å². The third-order valence-electron chi connectivity index (χ3n) is 3.73. The van der Waals surface area contributed by atoms with Gasteiger partial charge in [-0.1, -0.05) is 13.8 Å². The Kier molecular flexibility index (Phi) is 6.60. The van der Waals surface area contributed by atoms with E-state index in [1.165, 1.54) is 0 Å². The van der Waals surface area contributed by atoms with E-state index in [2.05, 4.69) is 19.2 Å². The first-order chi connectivity index (χ1) is 8.51. The summed E-state index contributed by atoms with van der Waals surface area (Å²) in [6, 6.07) is 0.447. The summed E-state index contributed by atoms with van der Waals surface area (Å²) < 4.78 is 29.7. The maximum atomic E-state index is 12.2. The first kappa shape index (κ1) is 15.9. The summed E-state index contributed by atoms with van der Waals surface area (Å²) in [7, 11) is -2.98. The van der Waals surface area contributed by atoms with Crippen molar-refractivity contribution in [3.8, 4) is 0 Å². The summed E-state index contributed by atoms with van der Waals surface area (Å²) in [5.41, 5.74) is 0. The van der Waals surface area contributed by atoms with Gasteiger partial charge in [-0.25, -0.2) is 8.42 Å². The predicted octanol–water partition coefficient (Wildman–Crippen LogP) is 1.75. The first-order valence-electron chi connectivity index (χ1n) is 7.07. The summed E-state index contributed by atoms with van der Waals surface area (Å²) in [6.07, 6.45) is 3.26. The quantitative estimate of drug-likeness (QED) is 0.734. The normalized spacial score (nSPS) is 26.4. The van der Waals surface area contributed by atoms with Gasteiger partial charge in [0.05, 0.1) is 17.1 Å². The minimum atomic E-state index is -2.98. The van der Waals surface area contributed by atoms with Gasteiger partial charge < -0.3 is 10.1 Å². The average molecular weight is 277 g/mol. The standard InChI is InChI=1S/C13H27NO3S/c1-4-12(14-5-2)7-6-10-18(15,16)13-8-9-17-11(13)3/h11-14H,4-10H2,1-3H3. The molecule has 5 heteroatoms. The molecule has 0 aromatic heterocycles. The lowest BCUT2D eigenvalue weighted by molar-refractivity contribution is 0.126. The Bertz CT molecular complexity index is 329. The average Bonchev–Trinajstić information content (AvgIpc) is 2.75. The summed E-state index contributed by atoms with van der Waals surface area (Å²) in [5, 5.41) is 3.10. The van der Waals surface area contributed by atoms with Crippen molar-refractivity contribution in [3.63, 3.8) is 0 Å². The molecule has 0 bridgehead atoms. The zero-order valence-corrected chi connectivity index (χ0v) is 12.6. The fourth-order valence-electron chi connectivity index (χ4n) is 2.61. The van der Waals surface area contributed by atoms with Crippen molar-refractivity contribution in [1.82, 2.24) is 5.32 Å². The number of rotatable bonds is 8. The van der Waals surface area contributed by atoms with Gasteiger partial charge in [0, 0.05) is 12.6 Å². The summed E-state index contributed by atoms with van der Waals surface area (Å²) in [5.74, 6) is 0.299. The lowest BCUT2D eigenvalue weighted by Gasteiger charge is -2.18. The maximum Gasteiger partial charge on any atom is 0.155 e. The van der Waals surface area contributed by atoms with Crippen LogP contribution in [0.3, 0.4) is 0 Å². The van der Waals surface area contributed by atoms with Gasteiger partial charge in [0.15, 0.2) is 9.84 Å². The Morgan fingerprint density at radius 2 is 2.11 bits per heavy atom. The molecule has 1 N–H and O–H groups in total. The topological polar surface area (TPSA) is 55.4 Å². The second kappa shape index (κ2) is 7.46. The number of hydrogen-bond acceptors (Lipinski definition) is 4. The van der Waals surface area contributed by atoms with Crippen molar-refractivity contribution >= 4 is 9.84 Å². The molecule has 108 valence electrons. The third-order valence-corrected chi connectivity index (χ3v) is 6.13. The summed E-state index contributed by atoms with van der Waals surface area (Å²) in [6.45, 7) is 7.60. The molecule has 0 spiro atoms. The highest BCUT2D eigenvalue weighted by Gasteiger charge is 2.35. The molecule has 0 aromatic carbocycles. The second-order valence-corrected chi connectivity index (χ2v) is 7.41. The van der Waals surface area contributed by atoms with Crippen molar-refractivity contribution < 1.29 is 13.2 Å². The minimum Gasteiger partial charge on any atom is -0.377 e. The van der Waals surface area contributed by atoms with Gasteiger partial charge in [-0.3, -0.25) is 0 Å². The van der Waals surface area contributed by atoms with E-state index in [1.807, 2.05) is 6.92 Å². The molecule has 0 aliphatic carbocycles. The Morgan fingerprint density at radius 3 is 2.61 bits per heavy atom. The van der Waals surface area contributed by atoms with E-state index in [0.717, 1.165) is 25.8 Å². The van der Waals surface area contributed by atoms with Crippen molar-refractivity contribution in [3.05, 3.63) is 0 Å². The lowest BCUT2D eigenvalue weighted by atomic mass is 10.1. The summed E-state index contributed by atoms with van der Waals surface area (Å²) in [4.78, 5) is 0. The number of nitrogens with one attached hydrogen (secondary N) is 1. The highest BCUT2D eigenvalue weighted by atomic mass is 32.2. The summed E-state index contributed by atoms with van der Waals surface area (Å²) >= 11 is 0. The van der Waals surface area contributed by atoms with E-state index < -0.39 is 9.84 Å².